The first-order chi connectivity index (χ1) is 9.58. The van der Waals surface area contributed by atoms with Crippen LogP contribution in [-0.4, -0.2) is 29.9 Å². The van der Waals surface area contributed by atoms with Crippen molar-refractivity contribution in [3.63, 3.8) is 0 Å². The minimum Gasteiger partial charge on any atom is -0.336 e. The Kier molecular flexibility index (Phi) is 5.06. The fourth-order valence-electron chi connectivity index (χ4n) is 3.12. The summed E-state index contributed by atoms with van der Waals surface area (Å²) in [6.45, 7) is 5.34. The third kappa shape index (κ3) is 2.99. The maximum Gasteiger partial charge on any atom is 0.254 e. The molecule has 1 fully saturated rings. The minimum absolute atomic E-state index is 0.0692. The van der Waals surface area contributed by atoms with E-state index >= 15 is 0 Å². The van der Waals surface area contributed by atoms with Gasteiger partial charge in [-0.3, -0.25) is 4.79 Å². The maximum atomic E-state index is 12.7. The molecule has 0 spiro atoms. The third-order valence-electron chi connectivity index (χ3n) is 4.34. The lowest BCUT2D eigenvalue weighted by atomic mass is 10.0. The van der Waals surface area contributed by atoms with Gasteiger partial charge in [-0.15, -0.1) is 0 Å². The number of nitrogens with zero attached hydrogens (tertiary/aromatic N) is 1. The fourth-order valence-corrected chi connectivity index (χ4v) is 3.30. The third-order valence-corrected chi connectivity index (χ3v) is 4.75. The van der Waals surface area contributed by atoms with Crippen molar-refractivity contribution in [2.75, 3.05) is 13.1 Å². The van der Waals surface area contributed by atoms with Crippen molar-refractivity contribution in [2.45, 2.75) is 39.2 Å². The van der Waals surface area contributed by atoms with E-state index in [1.54, 1.807) is 6.07 Å². The molecule has 1 saturated carbocycles. The van der Waals surface area contributed by atoms with Gasteiger partial charge in [-0.1, -0.05) is 24.1 Å². The molecular weight excluding hydrogens is 272 g/mol. The van der Waals surface area contributed by atoms with Gasteiger partial charge < -0.3 is 10.6 Å². The number of rotatable bonds is 4. The number of benzene rings is 1. The van der Waals surface area contributed by atoms with E-state index in [0.29, 0.717) is 29.6 Å². The highest BCUT2D eigenvalue weighted by molar-refractivity contribution is 6.31. The Morgan fingerprint density at radius 1 is 1.45 bits per heavy atom. The average molecular weight is 295 g/mol. The first kappa shape index (κ1) is 15.3. The second kappa shape index (κ2) is 6.59. The Balaban J connectivity index is 2.22. The molecule has 0 aliphatic heterocycles. The summed E-state index contributed by atoms with van der Waals surface area (Å²) < 4.78 is 0. The molecule has 2 rings (SSSR count). The van der Waals surface area contributed by atoms with Crippen molar-refractivity contribution in [1.29, 1.82) is 0 Å². The van der Waals surface area contributed by atoms with Crippen LogP contribution >= 0.6 is 11.6 Å². The van der Waals surface area contributed by atoms with E-state index in [0.717, 1.165) is 24.8 Å². The highest BCUT2D eigenvalue weighted by Gasteiger charge is 2.33. The Hall–Kier alpha value is -1.06. The first-order valence-electron chi connectivity index (χ1n) is 7.35. The smallest absolute Gasteiger partial charge is 0.254 e. The van der Waals surface area contributed by atoms with Crippen LogP contribution in [0.3, 0.4) is 0 Å². The monoisotopic (exact) mass is 294 g/mol. The maximum absolute atomic E-state index is 12.7. The van der Waals surface area contributed by atoms with Crippen LogP contribution in [0.1, 0.15) is 42.1 Å². The summed E-state index contributed by atoms with van der Waals surface area (Å²) in [4.78, 5) is 14.7. The van der Waals surface area contributed by atoms with Crippen LogP contribution in [0.2, 0.25) is 5.02 Å². The second-order valence-electron chi connectivity index (χ2n) is 5.55. The van der Waals surface area contributed by atoms with Gasteiger partial charge in [0.25, 0.3) is 5.91 Å². The fraction of sp³-hybridized carbons (Fsp3) is 0.562. The predicted octanol–water partition coefficient (Wildman–Crippen LogP) is 3.24. The quantitative estimate of drug-likeness (QED) is 0.926. The molecule has 4 heteroatoms. The minimum atomic E-state index is 0.0692. The van der Waals surface area contributed by atoms with Crippen molar-refractivity contribution >= 4 is 17.5 Å². The second-order valence-corrected chi connectivity index (χ2v) is 5.96. The summed E-state index contributed by atoms with van der Waals surface area (Å²) in [5, 5.41) is 0.647. The standard InChI is InChI=1S/C16H23ClN2O/c1-3-19(15-6-4-5-13(15)10-18)16(20)12-8-7-11(2)14(17)9-12/h7-9,13,15H,3-6,10,18H2,1-2H3. The number of carbonyl (C=O) groups excluding carboxylic acids is 1. The molecule has 2 atom stereocenters. The van der Waals surface area contributed by atoms with Crippen LogP contribution in [0.15, 0.2) is 18.2 Å². The van der Waals surface area contributed by atoms with Gasteiger partial charge in [-0.05, 0) is 56.8 Å². The number of nitrogens with two attached hydrogens (primary N) is 1. The molecule has 1 aliphatic rings. The highest BCUT2D eigenvalue weighted by atomic mass is 35.5. The van der Waals surface area contributed by atoms with E-state index in [9.17, 15) is 4.79 Å². The summed E-state index contributed by atoms with van der Waals surface area (Å²) in [5.74, 6) is 0.500. The number of amides is 1. The molecule has 2 unspecified atom stereocenters. The molecule has 20 heavy (non-hydrogen) atoms. The molecule has 0 heterocycles. The molecule has 1 aromatic carbocycles. The highest BCUT2D eigenvalue weighted by Crippen LogP contribution is 2.30. The van der Waals surface area contributed by atoms with E-state index in [2.05, 4.69) is 0 Å². The van der Waals surface area contributed by atoms with E-state index in [1.165, 1.54) is 0 Å². The molecule has 0 aromatic heterocycles. The Bertz CT molecular complexity index is 489. The van der Waals surface area contributed by atoms with Crippen LogP contribution in [0.5, 0.6) is 0 Å². The van der Waals surface area contributed by atoms with Crippen LogP contribution in [0, 0.1) is 12.8 Å². The normalized spacial score (nSPS) is 22.0. The van der Waals surface area contributed by atoms with Crippen LogP contribution in [-0.2, 0) is 0 Å². The van der Waals surface area contributed by atoms with Gasteiger partial charge in [0.05, 0.1) is 0 Å². The zero-order valence-electron chi connectivity index (χ0n) is 12.2. The van der Waals surface area contributed by atoms with Gasteiger partial charge >= 0.3 is 0 Å². The van der Waals surface area contributed by atoms with Gasteiger partial charge in [0, 0.05) is 23.2 Å². The van der Waals surface area contributed by atoms with E-state index < -0.39 is 0 Å². The lowest BCUT2D eigenvalue weighted by molar-refractivity contribution is 0.0652. The molecule has 0 bridgehead atoms. The van der Waals surface area contributed by atoms with Crippen LogP contribution in [0.25, 0.3) is 0 Å². The van der Waals surface area contributed by atoms with Crippen molar-refractivity contribution in [1.82, 2.24) is 4.90 Å². The van der Waals surface area contributed by atoms with Gasteiger partial charge in [0.1, 0.15) is 0 Å². The summed E-state index contributed by atoms with van der Waals surface area (Å²) in [6.07, 6.45) is 3.34. The van der Waals surface area contributed by atoms with Crippen LogP contribution in [0.4, 0.5) is 0 Å². The van der Waals surface area contributed by atoms with Crippen molar-refractivity contribution in [2.24, 2.45) is 11.7 Å². The molecule has 110 valence electrons. The topological polar surface area (TPSA) is 46.3 Å². The van der Waals surface area contributed by atoms with Crippen molar-refractivity contribution in [3.8, 4) is 0 Å². The number of halogens is 1. The number of hydrogen-bond donors (Lipinski definition) is 1. The molecule has 1 aliphatic carbocycles. The number of hydrogen-bond acceptors (Lipinski definition) is 2. The van der Waals surface area contributed by atoms with Gasteiger partial charge in [0.2, 0.25) is 0 Å². The van der Waals surface area contributed by atoms with Gasteiger partial charge in [-0.2, -0.15) is 0 Å². The summed E-state index contributed by atoms with van der Waals surface area (Å²) in [7, 11) is 0. The molecule has 1 amide bonds. The largest absolute Gasteiger partial charge is 0.336 e. The van der Waals surface area contributed by atoms with E-state index in [4.69, 9.17) is 17.3 Å². The van der Waals surface area contributed by atoms with Gasteiger partial charge in [0.15, 0.2) is 0 Å². The zero-order chi connectivity index (χ0) is 14.7. The lowest BCUT2D eigenvalue weighted by Crippen LogP contribution is -2.44. The Labute approximate surface area is 126 Å². The number of carbonyl (C=O) groups is 1. The molecule has 2 N–H and O–H groups in total. The van der Waals surface area contributed by atoms with E-state index in [1.807, 2.05) is 30.9 Å². The molecule has 3 nitrogen and oxygen atoms in total. The molecule has 0 saturated heterocycles. The Morgan fingerprint density at radius 3 is 2.80 bits per heavy atom. The number of aryl methyl sites for hydroxylation is 1. The van der Waals surface area contributed by atoms with Crippen molar-refractivity contribution < 1.29 is 4.79 Å². The molecular formula is C16H23ClN2O. The zero-order valence-corrected chi connectivity index (χ0v) is 13.0. The Morgan fingerprint density at radius 2 is 2.20 bits per heavy atom. The molecule has 1 aromatic rings. The first-order valence-corrected chi connectivity index (χ1v) is 7.73. The average Bonchev–Trinajstić information content (AvgIpc) is 2.91. The van der Waals surface area contributed by atoms with E-state index in [-0.39, 0.29) is 11.9 Å². The summed E-state index contributed by atoms with van der Waals surface area (Å²) >= 11 is 6.13. The van der Waals surface area contributed by atoms with Crippen LogP contribution < -0.4 is 5.73 Å². The van der Waals surface area contributed by atoms with Gasteiger partial charge in [-0.25, -0.2) is 0 Å². The summed E-state index contributed by atoms with van der Waals surface area (Å²) in [5.41, 5.74) is 7.50. The summed E-state index contributed by atoms with van der Waals surface area (Å²) in [6, 6.07) is 5.81. The lowest BCUT2D eigenvalue weighted by Gasteiger charge is -2.32. The molecule has 0 radical (unpaired) electrons. The SMILES string of the molecule is CCN(C(=O)c1ccc(C)c(Cl)c1)C1CCCC1CN. The predicted molar refractivity (Wildman–Crippen MR) is 83.1 cm³/mol. The van der Waals surface area contributed by atoms with Crippen molar-refractivity contribution in [3.05, 3.63) is 34.3 Å².